The number of aliphatic hydroxyl groups is 1. The number of benzene rings is 1. The van der Waals surface area contributed by atoms with Crippen LogP contribution in [0.25, 0.3) is 0 Å². The third kappa shape index (κ3) is 3.03. The average Bonchev–Trinajstić information content (AvgIpc) is 2.86. The van der Waals surface area contributed by atoms with Crippen molar-refractivity contribution in [1.29, 1.82) is 0 Å². The Morgan fingerprint density at radius 2 is 2.14 bits per heavy atom. The van der Waals surface area contributed by atoms with Gasteiger partial charge in [-0.05, 0) is 50.3 Å². The minimum atomic E-state index is -0.753. The number of nitrogens with two attached hydrogens (primary N) is 1. The van der Waals surface area contributed by atoms with E-state index in [1.54, 1.807) is 0 Å². The summed E-state index contributed by atoms with van der Waals surface area (Å²) in [6, 6.07) is 8.46. The maximum atomic E-state index is 10.0. The number of aliphatic hydroxyl groups excluding tert-OH is 1. The number of hydrogen-bond donors (Lipinski definition) is 2. The van der Waals surface area contributed by atoms with E-state index >= 15 is 0 Å². The lowest BCUT2D eigenvalue weighted by Gasteiger charge is -2.43. The van der Waals surface area contributed by atoms with Crippen molar-refractivity contribution in [3.8, 4) is 0 Å². The van der Waals surface area contributed by atoms with Crippen LogP contribution in [0.3, 0.4) is 0 Å². The molecule has 1 aromatic carbocycles. The number of ether oxygens (including phenoxy) is 1. The zero-order valence-corrected chi connectivity index (χ0v) is 13.8. The van der Waals surface area contributed by atoms with Gasteiger partial charge >= 0.3 is 0 Å². The molecule has 1 aliphatic carbocycles. The van der Waals surface area contributed by atoms with E-state index in [9.17, 15) is 5.11 Å². The number of nitrogens with zero attached hydrogens (tertiary/aromatic N) is 1. The van der Waals surface area contributed by atoms with Gasteiger partial charge in [-0.3, -0.25) is 0 Å². The predicted octanol–water partition coefficient (Wildman–Crippen LogP) is 2.48. The van der Waals surface area contributed by atoms with Crippen molar-refractivity contribution in [3.63, 3.8) is 0 Å². The van der Waals surface area contributed by atoms with E-state index in [0.29, 0.717) is 12.6 Å². The lowest BCUT2D eigenvalue weighted by atomic mass is 9.68. The van der Waals surface area contributed by atoms with Crippen LogP contribution in [-0.4, -0.2) is 41.7 Å². The van der Waals surface area contributed by atoms with Crippen LogP contribution < -0.4 is 5.73 Å². The van der Waals surface area contributed by atoms with Crippen LogP contribution in [0.4, 0.5) is 0 Å². The number of rotatable bonds is 3. The fourth-order valence-electron chi connectivity index (χ4n) is 3.96. The average molecular weight is 325 g/mol. The van der Waals surface area contributed by atoms with E-state index < -0.39 is 6.41 Å². The summed E-state index contributed by atoms with van der Waals surface area (Å²) in [7, 11) is 0. The van der Waals surface area contributed by atoms with Gasteiger partial charge in [0.05, 0.1) is 6.10 Å². The van der Waals surface area contributed by atoms with Gasteiger partial charge in [-0.1, -0.05) is 23.7 Å². The molecule has 3 N–H and O–H groups in total. The Hall–Kier alpha value is -0.650. The molecule has 0 bridgehead atoms. The minimum Gasteiger partial charge on any atom is -0.356 e. The fraction of sp³-hybridized carbons (Fsp3) is 0.647. The van der Waals surface area contributed by atoms with Gasteiger partial charge in [0.1, 0.15) is 0 Å². The van der Waals surface area contributed by atoms with Crippen LogP contribution in [0.1, 0.15) is 38.2 Å². The van der Waals surface area contributed by atoms with Gasteiger partial charge in [0, 0.05) is 29.6 Å². The molecule has 2 aliphatic rings. The van der Waals surface area contributed by atoms with E-state index in [2.05, 4.69) is 11.0 Å². The van der Waals surface area contributed by atoms with Gasteiger partial charge in [0.15, 0.2) is 0 Å². The molecule has 0 amide bonds. The summed E-state index contributed by atoms with van der Waals surface area (Å²) >= 11 is 6.15. The highest BCUT2D eigenvalue weighted by molar-refractivity contribution is 6.30. The largest absolute Gasteiger partial charge is 0.356 e. The highest BCUT2D eigenvalue weighted by atomic mass is 35.5. The molecule has 2 fully saturated rings. The molecule has 0 radical (unpaired) electrons. The molecule has 1 aliphatic heterocycles. The zero-order valence-electron chi connectivity index (χ0n) is 13.0. The zero-order chi connectivity index (χ0) is 15.7. The van der Waals surface area contributed by atoms with Crippen LogP contribution in [0.5, 0.6) is 0 Å². The third-order valence-electron chi connectivity index (χ3n) is 5.31. The van der Waals surface area contributed by atoms with Crippen LogP contribution in [0.15, 0.2) is 24.3 Å². The molecule has 2 atom stereocenters. The molecular formula is C17H25ClN2O2. The van der Waals surface area contributed by atoms with Gasteiger partial charge in [-0.2, -0.15) is 0 Å². The normalized spacial score (nSPS) is 36.6. The maximum absolute atomic E-state index is 10.0. The summed E-state index contributed by atoms with van der Waals surface area (Å²) in [4.78, 5) is 2.09. The van der Waals surface area contributed by atoms with Gasteiger partial charge < -0.3 is 15.6 Å². The Morgan fingerprint density at radius 1 is 1.41 bits per heavy atom. The third-order valence-corrected chi connectivity index (χ3v) is 5.55. The number of hydrogen-bond acceptors (Lipinski definition) is 4. The quantitative estimate of drug-likeness (QED) is 0.897. The van der Waals surface area contributed by atoms with Crippen LogP contribution in [0.2, 0.25) is 5.02 Å². The first-order valence-corrected chi connectivity index (χ1v) is 8.47. The van der Waals surface area contributed by atoms with Crippen molar-refractivity contribution in [2.45, 2.75) is 56.6 Å². The molecule has 122 valence electrons. The van der Waals surface area contributed by atoms with Gasteiger partial charge in [-0.15, -0.1) is 0 Å². The van der Waals surface area contributed by atoms with E-state index in [1.807, 2.05) is 25.1 Å². The van der Waals surface area contributed by atoms with E-state index in [4.69, 9.17) is 22.1 Å². The van der Waals surface area contributed by atoms with Gasteiger partial charge in [0.2, 0.25) is 6.41 Å². The van der Waals surface area contributed by atoms with Crippen molar-refractivity contribution < 1.29 is 9.84 Å². The maximum Gasteiger partial charge on any atom is 0.216 e. The molecule has 0 aromatic heterocycles. The second kappa shape index (κ2) is 6.46. The molecule has 5 heteroatoms. The molecule has 1 unspecified atom stereocenters. The molecule has 1 saturated heterocycles. The molecule has 3 rings (SSSR count). The molecule has 4 nitrogen and oxygen atoms in total. The molecule has 0 spiro atoms. The summed E-state index contributed by atoms with van der Waals surface area (Å²) < 4.78 is 5.44. The first kappa shape index (κ1) is 16.2. The van der Waals surface area contributed by atoms with E-state index in [1.165, 1.54) is 5.56 Å². The van der Waals surface area contributed by atoms with Crippen LogP contribution in [0, 0.1) is 0 Å². The Kier molecular flexibility index (Phi) is 4.76. The first-order valence-electron chi connectivity index (χ1n) is 8.09. The summed E-state index contributed by atoms with van der Waals surface area (Å²) in [5.74, 6) is 0. The first-order chi connectivity index (χ1) is 10.5. The van der Waals surface area contributed by atoms with Crippen molar-refractivity contribution in [3.05, 3.63) is 34.9 Å². The van der Waals surface area contributed by atoms with Crippen LogP contribution >= 0.6 is 11.6 Å². The smallest absolute Gasteiger partial charge is 0.216 e. The van der Waals surface area contributed by atoms with Gasteiger partial charge in [0.25, 0.3) is 0 Å². The van der Waals surface area contributed by atoms with Crippen LogP contribution in [-0.2, 0) is 10.2 Å². The second-order valence-corrected chi connectivity index (χ2v) is 7.13. The second-order valence-electron chi connectivity index (χ2n) is 6.70. The molecule has 22 heavy (non-hydrogen) atoms. The molecule has 1 heterocycles. The SMILES string of the molecule is C[C@H]1CN(C2CCC(CN)(c3cccc(Cl)c3)CC2)C(O)O1. The Labute approximate surface area is 137 Å². The summed E-state index contributed by atoms with van der Waals surface area (Å²) in [5, 5.41) is 10.8. The van der Waals surface area contributed by atoms with Gasteiger partial charge in [-0.25, -0.2) is 4.90 Å². The summed E-state index contributed by atoms with van der Waals surface area (Å²) in [6.07, 6.45) is 3.44. The Bertz CT molecular complexity index is 517. The molecule has 1 aromatic rings. The monoisotopic (exact) mass is 324 g/mol. The highest BCUT2D eigenvalue weighted by Gasteiger charge is 2.41. The lowest BCUT2D eigenvalue weighted by Crippen LogP contribution is -2.47. The highest BCUT2D eigenvalue weighted by Crippen LogP contribution is 2.41. The van der Waals surface area contributed by atoms with E-state index in [-0.39, 0.29) is 11.5 Å². The standard InChI is InChI=1S/C17H25ClN2O2/c1-12-10-20(16(21)22-12)15-5-7-17(11-19,8-6-15)13-3-2-4-14(18)9-13/h2-4,9,12,15-16,21H,5-8,10-11,19H2,1H3/t12-,15?,16?,17?/m0/s1. The number of halogens is 1. The Balaban J connectivity index is 1.71. The van der Waals surface area contributed by atoms with Crippen molar-refractivity contribution in [1.82, 2.24) is 4.90 Å². The summed E-state index contributed by atoms with van der Waals surface area (Å²) in [5.41, 5.74) is 7.39. The Morgan fingerprint density at radius 3 is 2.68 bits per heavy atom. The fourth-order valence-corrected chi connectivity index (χ4v) is 4.15. The molecule has 1 saturated carbocycles. The van der Waals surface area contributed by atoms with Crippen molar-refractivity contribution in [2.24, 2.45) is 5.73 Å². The lowest BCUT2D eigenvalue weighted by molar-refractivity contribution is -0.160. The summed E-state index contributed by atoms with van der Waals surface area (Å²) in [6.45, 7) is 3.44. The van der Waals surface area contributed by atoms with Crippen molar-refractivity contribution in [2.75, 3.05) is 13.1 Å². The predicted molar refractivity (Wildman–Crippen MR) is 87.7 cm³/mol. The van der Waals surface area contributed by atoms with Crippen molar-refractivity contribution >= 4 is 11.6 Å². The molecular weight excluding hydrogens is 300 g/mol. The topological polar surface area (TPSA) is 58.7 Å². The van der Waals surface area contributed by atoms with E-state index in [0.717, 1.165) is 37.3 Å². The minimum absolute atomic E-state index is 0.0125.